The Kier molecular flexibility index (Phi) is 4.41. The van der Waals surface area contributed by atoms with Gasteiger partial charge in [-0.2, -0.15) is 0 Å². The average molecular weight is 256 g/mol. The zero-order valence-corrected chi connectivity index (χ0v) is 10.9. The molecular weight excluding hydrogens is 237 g/mol. The van der Waals surface area contributed by atoms with Crippen molar-refractivity contribution in [1.82, 2.24) is 5.32 Å². The fraction of sp³-hybridized carbons (Fsp3) is 0.571. The quantitative estimate of drug-likeness (QED) is 0.815. The predicted molar refractivity (Wildman–Crippen MR) is 69.9 cm³/mol. The molecule has 0 amide bonds. The highest BCUT2D eigenvalue weighted by Gasteiger charge is 2.26. The predicted octanol–water partition coefficient (Wildman–Crippen LogP) is 3.80. The van der Waals surface area contributed by atoms with Gasteiger partial charge in [-0.05, 0) is 37.4 Å². The molecule has 1 aliphatic rings. The van der Waals surface area contributed by atoms with Crippen LogP contribution in [0.5, 0.6) is 0 Å². The van der Waals surface area contributed by atoms with Crippen LogP contribution in [0.25, 0.3) is 0 Å². The maximum atomic E-state index is 13.7. The third-order valence-corrected chi connectivity index (χ3v) is 3.67. The molecule has 0 aromatic heterocycles. The Bertz CT molecular complexity index is 356. The van der Waals surface area contributed by atoms with Crippen molar-refractivity contribution in [2.24, 2.45) is 5.92 Å². The van der Waals surface area contributed by atoms with Gasteiger partial charge in [0.2, 0.25) is 0 Å². The number of hydrogen-bond acceptors (Lipinski definition) is 1. The van der Waals surface area contributed by atoms with Crippen molar-refractivity contribution < 1.29 is 4.39 Å². The lowest BCUT2D eigenvalue weighted by molar-refractivity contribution is 0.457. The Labute approximate surface area is 107 Å². The Morgan fingerprint density at radius 1 is 1.47 bits per heavy atom. The summed E-state index contributed by atoms with van der Waals surface area (Å²) in [7, 11) is 0. The van der Waals surface area contributed by atoms with Crippen LogP contribution in [-0.2, 0) is 6.42 Å². The maximum absolute atomic E-state index is 13.7. The summed E-state index contributed by atoms with van der Waals surface area (Å²) in [4.78, 5) is 0. The van der Waals surface area contributed by atoms with E-state index < -0.39 is 0 Å². The Morgan fingerprint density at radius 3 is 2.82 bits per heavy atom. The van der Waals surface area contributed by atoms with Crippen LogP contribution in [0.3, 0.4) is 0 Å². The highest BCUT2D eigenvalue weighted by molar-refractivity contribution is 6.31. The van der Waals surface area contributed by atoms with Gasteiger partial charge in [0.05, 0.1) is 0 Å². The molecule has 94 valence electrons. The Balaban J connectivity index is 2.04. The molecule has 0 saturated heterocycles. The van der Waals surface area contributed by atoms with Crippen LogP contribution in [0.4, 0.5) is 4.39 Å². The molecule has 0 heterocycles. The van der Waals surface area contributed by atoms with Crippen molar-refractivity contribution in [3.8, 4) is 0 Å². The standard InChI is InChI=1S/C14H19ClFN/c1-2-17-11(8-10-6-7-10)9-12-13(15)4-3-5-14(12)16/h3-5,10-11,17H,2,6-9H2,1H3. The highest BCUT2D eigenvalue weighted by Crippen LogP contribution is 2.34. The topological polar surface area (TPSA) is 12.0 Å². The first kappa shape index (κ1) is 12.8. The van der Waals surface area contributed by atoms with E-state index in [1.165, 1.54) is 18.9 Å². The number of rotatable bonds is 6. The molecule has 3 heteroatoms. The molecule has 1 unspecified atom stereocenters. The molecular formula is C14H19ClFN. The van der Waals surface area contributed by atoms with Gasteiger partial charge in [0.1, 0.15) is 5.82 Å². The largest absolute Gasteiger partial charge is 0.314 e. The normalized spacial score (nSPS) is 17.1. The van der Waals surface area contributed by atoms with Gasteiger partial charge < -0.3 is 5.32 Å². The molecule has 0 bridgehead atoms. The van der Waals surface area contributed by atoms with Crippen LogP contribution >= 0.6 is 11.6 Å². The first-order chi connectivity index (χ1) is 8.20. The van der Waals surface area contributed by atoms with E-state index >= 15 is 0 Å². The van der Waals surface area contributed by atoms with Crippen molar-refractivity contribution in [1.29, 1.82) is 0 Å². The SMILES string of the molecule is CCNC(Cc1c(F)cccc1Cl)CC1CC1. The van der Waals surface area contributed by atoms with Crippen LogP contribution in [0, 0.1) is 11.7 Å². The summed E-state index contributed by atoms with van der Waals surface area (Å²) in [5, 5.41) is 3.98. The molecule has 1 aromatic carbocycles. The van der Waals surface area contributed by atoms with Crippen LogP contribution < -0.4 is 5.32 Å². The minimum atomic E-state index is -0.184. The van der Waals surface area contributed by atoms with Gasteiger partial charge in [-0.1, -0.05) is 37.4 Å². The second-order valence-electron chi connectivity index (χ2n) is 4.84. The number of hydrogen-bond donors (Lipinski definition) is 1. The third-order valence-electron chi connectivity index (χ3n) is 3.32. The van der Waals surface area contributed by atoms with Gasteiger partial charge in [-0.3, -0.25) is 0 Å². The lowest BCUT2D eigenvalue weighted by Crippen LogP contribution is -2.31. The van der Waals surface area contributed by atoms with E-state index in [0.717, 1.165) is 18.9 Å². The number of likely N-dealkylation sites (N-methyl/N-ethyl adjacent to an activating group) is 1. The first-order valence-corrected chi connectivity index (χ1v) is 6.74. The molecule has 1 N–H and O–H groups in total. The molecule has 1 fully saturated rings. The molecule has 1 saturated carbocycles. The van der Waals surface area contributed by atoms with Gasteiger partial charge in [0.25, 0.3) is 0 Å². The Hall–Kier alpha value is -0.600. The van der Waals surface area contributed by atoms with E-state index in [4.69, 9.17) is 11.6 Å². The van der Waals surface area contributed by atoms with Crippen LogP contribution in [0.2, 0.25) is 5.02 Å². The molecule has 17 heavy (non-hydrogen) atoms. The second kappa shape index (κ2) is 5.83. The molecule has 0 radical (unpaired) electrons. The zero-order valence-electron chi connectivity index (χ0n) is 10.2. The van der Waals surface area contributed by atoms with E-state index in [9.17, 15) is 4.39 Å². The molecule has 0 spiro atoms. The van der Waals surface area contributed by atoms with Crippen LogP contribution in [-0.4, -0.2) is 12.6 Å². The average Bonchev–Trinajstić information content (AvgIpc) is 3.08. The summed E-state index contributed by atoms with van der Waals surface area (Å²) in [6.07, 6.45) is 4.48. The Morgan fingerprint density at radius 2 is 2.24 bits per heavy atom. The molecule has 1 nitrogen and oxygen atoms in total. The summed E-state index contributed by atoms with van der Waals surface area (Å²) in [5.74, 6) is 0.654. The first-order valence-electron chi connectivity index (χ1n) is 6.37. The van der Waals surface area contributed by atoms with Gasteiger partial charge in [-0.15, -0.1) is 0 Å². The van der Waals surface area contributed by atoms with Gasteiger partial charge >= 0.3 is 0 Å². The lowest BCUT2D eigenvalue weighted by atomic mass is 10.0. The van der Waals surface area contributed by atoms with Crippen LogP contribution in [0.1, 0.15) is 31.7 Å². The van der Waals surface area contributed by atoms with E-state index in [-0.39, 0.29) is 5.82 Å². The molecule has 1 aliphatic carbocycles. The minimum Gasteiger partial charge on any atom is -0.314 e. The number of benzene rings is 1. The van der Waals surface area contributed by atoms with Gasteiger partial charge in [-0.25, -0.2) is 4.39 Å². The highest BCUT2D eigenvalue weighted by atomic mass is 35.5. The molecule has 0 aliphatic heterocycles. The second-order valence-corrected chi connectivity index (χ2v) is 5.25. The minimum absolute atomic E-state index is 0.184. The zero-order chi connectivity index (χ0) is 12.3. The van der Waals surface area contributed by atoms with Gasteiger partial charge in [0, 0.05) is 16.6 Å². The summed E-state index contributed by atoms with van der Waals surface area (Å²) >= 11 is 6.06. The van der Waals surface area contributed by atoms with Crippen molar-refractivity contribution in [3.63, 3.8) is 0 Å². The van der Waals surface area contributed by atoms with E-state index in [1.807, 2.05) is 0 Å². The van der Waals surface area contributed by atoms with Crippen molar-refractivity contribution in [2.75, 3.05) is 6.54 Å². The summed E-state index contributed by atoms with van der Waals surface area (Å²) in [6.45, 7) is 3.01. The third kappa shape index (κ3) is 3.68. The molecule has 1 aromatic rings. The smallest absolute Gasteiger partial charge is 0.127 e. The van der Waals surface area contributed by atoms with Gasteiger partial charge in [0.15, 0.2) is 0 Å². The molecule has 2 rings (SSSR count). The van der Waals surface area contributed by atoms with E-state index in [0.29, 0.717) is 23.0 Å². The summed E-state index contributed by atoms with van der Waals surface area (Å²) in [5.41, 5.74) is 0.653. The van der Waals surface area contributed by atoms with E-state index in [2.05, 4.69) is 12.2 Å². The van der Waals surface area contributed by atoms with Crippen molar-refractivity contribution in [3.05, 3.63) is 34.6 Å². The fourth-order valence-electron chi connectivity index (χ4n) is 2.26. The fourth-order valence-corrected chi connectivity index (χ4v) is 2.50. The van der Waals surface area contributed by atoms with Crippen molar-refractivity contribution >= 4 is 11.6 Å². The van der Waals surface area contributed by atoms with Crippen LogP contribution in [0.15, 0.2) is 18.2 Å². The van der Waals surface area contributed by atoms with Crippen molar-refractivity contribution in [2.45, 2.75) is 38.6 Å². The molecule has 1 atom stereocenters. The number of halogens is 2. The summed E-state index contributed by atoms with van der Waals surface area (Å²) < 4.78 is 13.7. The number of nitrogens with one attached hydrogen (secondary N) is 1. The maximum Gasteiger partial charge on any atom is 0.127 e. The van der Waals surface area contributed by atoms with E-state index in [1.54, 1.807) is 12.1 Å². The summed E-state index contributed by atoms with van der Waals surface area (Å²) in [6, 6.07) is 5.26. The lowest BCUT2D eigenvalue weighted by Gasteiger charge is -2.18. The monoisotopic (exact) mass is 255 g/mol.